The summed E-state index contributed by atoms with van der Waals surface area (Å²) in [4.78, 5) is 2.24. The molecule has 1 fully saturated rings. The molecule has 0 bridgehead atoms. The molecular weight excluding hydrogens is 278 g/mol. The number of aryl methyl sites for hydroxylation is 1. The zero-order valence-corrected chi connectivity index (χ0v) is 12.9. The Kier molecular flexibility index (Phi) is 4.66. The molecule has 3 N–H and O–H groups in total. The van der Waals surface area contributed by atoms with E-state index in [1.807, 2.05) is 14.0 Å². The molecule has 20 heavy (non-hydrogen) atoms. The number of aromatic nitrogens is 2. The lowest BCUT2D eigenvalue weighted by atomic mass is 10.5. The molecule has 1 aromatic rings. The second-order valence-corrected chi connectivity index (χ2v) is 6.99. The van der Waals surface area contributed by atoms with E-state index in [1.165, 1.54) is 19.0 Å². The smallest absolute Gasteiger partial charge is 0.245 e. The molecule has 8 heteroatoms. The largest absolute Gasteiger partial charge is 0.381 e. The van der Waals surface area contributed by atoms with E-state index in [2.05, 4.69) is 14.7 Å². The van der Waals surface area contributed by atoms with Crippen molar-refractivity contribution < 1.29 is 8.42 Å². The van der Waals surface area contributed by atoms with Gasteiger partial charge in [-0.3, -0.25) is 4.68 Å². The zero-order chi connectivity index (χ0) is 14.8. The summed E-state index contributed by atoms with van der Waals surface area (Å²) in [5, 5.41) is 4.01. The van der Waals surface area contributed by atoms with Crippen molar-refractivity contribution in [3.05, 3.63) is 6.20 Å². The number of sulfonamides is 1. The van der Waals surface area contributed by atoms with Crippen LogP contribution in [-0.2, 0) is 16.6 Å². The van der Waals surface area contributed by atoms with Gasteiger partial charge >= 0.3 is 0 Å². The van der Waals surface area contributed by atoms with E-state index in [9.17, 15) is 8.42 Å². The fourth-order valence-corrected chi connectivity index (χ4v) is 3.19. The van der Waals surface area contributed by atoms with Gasteiger partial charge in [0, 0.05) is 31.9 Å². The molecule has 0 aliphatic heterocycles. The van der Waals surface area contributed by atoms with Crippen molar-refractivity contribution in [2.45, 2.75) is 43.7 Å². The van der Waals surface area contributed by atoms with E-state index in [1.54, 1.807) is 4.68 Å². The molecule has 0 amide bonds. The number of nitrogens with one attached hydrogen (secondary N) is 1. The van der Waals surface area contributed by atoms with Crippen LogP contribution in [0, 0.1) is 0 Å². The lowest BCUT2D eigenvalue weighted by Gasteiger charge is -2.15. The van der Waals surface area contributed by atoms with E-state index < -0.39 is 10.0 Å². The fraction of sp³-hybridized carbons (Fsp3) is 0.750. The molecule has 1 saturated carbocycles. The number of hydrogen-bond donors (Lipinski definition) is 2. The Hall–Kier alpha value is -1.12. The topological polar surface area (TPSA) is 93.2 Å². The SMILES string of the molecule is CCCn1cc(S(=O)(=O)NCCN(C)C2CC2)c(N)n1. The monoisotopic (exact) mass is 301 g/mol. The lowest BCUT2D eigenvalue weighted by molar-refractivity contribution is 0.329. The van der Waals surface area contributed by atoms with Gasteiger partial charge in [-0.2, -0.15) is 5.10 Å². The molecule has 0 saturated heterocycles. The standard InChI is InChI=1S/C12H23N5O2S/c1-3-7-17-9-11(12(13)15-17)20(18,19)14-6-8-16(2)10-4-5-10/h9-10,14H,3-8H2,1-2H3,(H2,13,15). The molecule has 0 spiro atoms. The van der Waals surface area contributed by atoms with Crippen molar-refractivity contribution in [3.63, 3.8) is 0 Å². The number of anilines is 1. The van der Waals surface area contributed by atoms with Gasteiger partial charge in [-0.25, -0.2) is 13.1 Å². The van der Waals surface area contributed by atoms with Crippen LogP contribution in [0.1, 0.15) is 26.2 Å². The number of nitrogens with zero attached hydrogens (tertiary/aromatic N) is 3. The molecule has 1 aliphatic carbocycles. The summed E-state index contributed by atoms with van der Waals surface area (Å²) in [5.41, 5.74) is 5.69. The highest BCUT2D eigenvalue weighted by molar-refractivity contribution is 7.89. The van der Waals surface area contributed by atoms with Crippen molar-refractivity contribution in [1.82, 2.24) is 19.4 Å². The maximum atomic E-state index is 12.2. The van der Waals surface area contributed by atoms with Gasteiger partial charge in [0.15, 0.2) is 5.82 Å². The number of hydrogen-bond acceptors (Lipinski definition) is 5. The van der Waals surface area contributed by atoms with E-state index in [-0.39, 0.29) is 10.7 Å². The van der Waals surface area contributed by atoms with Gasteiger partial charge in [0.2, 0.25) is 10.0 Å². The Morgan fingerprint density at radius 3 is 2.85 bits per heavy atom. The van der Waals surface area contributed by atoms with Crippen LogP contribution in [0.5, 0.6) is 0 Å². The summed E-state index contributed by atoms with van der Waals surface area (Å²) in [6.45, 7) is 3.74. The van der Waals surface area contributed by atoms with E-state index in [0.29, 0.717) is 25.7 Å². The summed E-state index contributed by atoms with van der Waals surface area (Å²) in [7, 11) is -1.56. The highest BCUT2D eigenvalue weighted by Gasteiger charge is 2.26. The van der Waals surface area contributed by atoms with E-state index in [0.717, 1.165) is 6.42 Å². The van der Waals surface area contributed by atoms with E-state index in [4.69, 9.17) is 5.73 Å². The van der Waals surface area contributed by atoms with Crippen molar-refractivity contribution >= 4 is 15.8 Å². The van der Waals surface area contributed by atoms with Crippen molar-refractivity contribution in [2.24, 2.45) is 0 Å². The fourth-order valence-electron chi connectivity index (χ4n) is 2.10. The zero-order valence-electron chi connectivity index (χ0n) is 12.0. The van der Waals surface area contributed by atoms with Crippen molar-refractivity contribution in [2.75, 3.05) is 25.9 Å². The molecule has 1 heterocycles. The van der Waals surface area contributed by atoms with Gasteiger partial charge in [0.1, 0.15) is 4.90 Å². The molecule has 0 atom stereocenters. The quantitative estimate of drug-likeness (QED) is 0.718. The van der Waals surface area contributed by atoms with Crippen LogP contribution in [0.3, 0.4) is 0 Å². The normalized spacial score (nSPS) is 15.9. The first-order chi connectivity index (χ1) is 9.44. The second kappa shape index (κ2) is 6.11. The molecule has 0 unspecified atom stereocenters. The molecule has 7 nitrogen and oxygen atoms in total. The van der Waals surface area contributed by atoms with Gasteiger partial charge in [0.05, 0.1) is 0 Å². The van der Waals surface area contributed by atoms with Crippen LogP contribution in [0.15, 0.2) is 11.1 Å². The maximum Gasteiger partial charge on any atom is 0.245 e. The maximum absolute atomic E-state index is 12.2. The third-order valence-corrected chi connectivity index (χ3v) is 4.90. The predicted octanol–water partition coefficient (Wildman–Crippen LogP) is 0.248. The number of nitrogen functional groups attached to an aromatic ring is 1. The average molecular weight is 301 g/mol. The van der Waals surface area contributed by atoms with E-state index >= 15 is 0 Å². The Morgan fingerprint density at radius 1 is 1.55 bits per heavy atom. The first kappa shape index (κ1) is 15.3. The first-order valence-electron chi connectivity index (χ1n) is 6.97. The van der Waals surface area contributed by atoms with Crippen LogP contribution in [0.25, 0.3) is 0 Å². The third-order valence-electron chi connectivity index (χ3n) is 3.42. The Morgan fingerprint density at radius 2 is 2.25 bits per heavy atom. The summed E-state index contributed by atoms with van der Waals surface area (Å²) in [5.74, 6) is 0.0569. The van der Waals surface area contributed by atoms with Crippen LogP contribution < -0.4 is 10.5 Å². The highest BCUT2D eigenvalue weighted by atomic mass is 32.2. The molecular formula is C12H23N5O2S. The lowest BCUT2D eigenvalue weighted by Crippen LogP contribution is -2.34. The van der Waals surface area contributed by atoms with Crippen LogP contribution >= 0.6 is 0 Å². The van der Waals surface area contributed by atoms with Crippen LogP contribution in [0.2, 0.25) is 0 Å². The minimum Gasteiger partial charge on any atom is -0.381 e. The van der Waals surface area contributed by atoms with Gasteiger partial charge in [-0.05, 0) is 26.3 Å². The van der Waals surface area contributed by atoms with Crippen LogP contribution in [0.4, 0.5) is 5.82 Å². The number of nitrogens with two attached hydrogens (primary N) is 1. The van der Waals surface area contributed by atoms with Gasteiger partial charge in [-0.15, -0.1) is 0 Å². The highest BCUT2D eigenvalue weighted by Crippen LogP contribution is 2.24. The Balaban J connectivity index is 1.94. The molecule has 0 aromatic carbocycles. The van der Waals surface area contributed by atoms with Gasteiger partial charge in [-0.1, -0.05) is 6.92 Å². The second-order valence-electron chi connectivity index (χ2n) is 5.25. The molecule has 114 valence electrons. The average Bonchev–Trinajstić information content (AvgIpc) is 3.14. The van der Waals surface area contributed by atoms with Gasteiger partial charge in [0.25, 0.3) is 0 Å². The minimum absolute atomic E-state index is 0.0569. The summed E-state index contributed by atoms with van der Waals surface area (Å²) >= 11 is 0. The van der Waals surface area contributed by atoms with Crippen LogP contribution in [-0.4, -0.2) is 49.3 Å². The third kappa shape index (κ3) is 3.71. The summed E-state index contributed by atoms with van der Waals surface area (Å²) < 4.78 is 28.5. The Bertz CT molecular complexity index is 550. The molecule has 0 radical (unpaired) electrons. The number of likely N-dealkylation sites (N-methyl/N-ethyl adjacent to an activating group) is 1. The Labute approximate surface area is 120 Å². The molecule has 2 rings (SSSR count). The first-order valence-corrected chi connectivity index (χ1v) is 8.45. The number of rotatable bonds is 8. The summed E-state index contributed by atoms with van der Waals surface area (Å²) in [6.07, 6.45) is 4.78. The molecule has 1 aromatic heterocycles. The van der Waals surface area contributed by atoms with Crippen molar-refractivity contribution in [3.8, 4) is 0 Å². The van der Waals surface area contributed by atoms with Gasteiger partial charge < -0.3 is 10.6 Å². The van der Waals surface area contributed by atoms with Crippen molar-refractivity contribution in [1.29, 1.82) is 0 Å². The molecule has 1 aliphatic rings. The summed E-state index contributed by atoms with van der Waals surface area (Å²) in [6, 6.07) is 0.622. The minimum atomic E-state index is -3.57. The predicted molar refractivity (Wildman–Crippen MR) is 77.8 cm³/mol.